The highest BCUT2D eigenvalue weighted by Crippen LogP contribution is 2.33. The molecule has 10 heteroatoms. The maximum atomic E-state index is 12.4. The van der Waals surface area contributed by atoms with Crippen LogP contribution in [0.3, 0.4) is 0 Å². The lowest BCUT2D eigenvalue weighted by molar-refractivity contribution is -0.116. The number of hydrogen-bond acceptors (Lipinski definition) is 6. The molecule has 0 spiro atoms. The van der Waals surface area contributed by atoms with E-state index in [4.69, 9.17) is 16.3 Å². The second-order valence-corrected chi connectivity index (χ2v) is 7.78. The maximum absolute atomic E-state index is 12.4. The molecule has 0 unspecified atom stereocenters. The second-order valence-electron chi connectivity index (χ2n) is 5.43. The van der Waals surface area contributed by atoms with Crippen LogP contribution in [0.5, 0.6) is 5.88 Å². The van der Waals surface area contributed by atoms with Crippen molar-refractivity contribution in [2.75, 3.05) is 22.5 Å². The van der Waals surface area contributed by atoms with Crippen molar-refractivity contribution in [2.45, 2.75) is 6.42 Å². The molecule has 1 N–H and O–H groups in total. The molecule has 0 radical (unpaired) electrons. The molecule has 3 rings (SSSR count). The SMILES string of the molecule is COc1ccc(NC(=O)c2ccc(Cl)c(N3C(=O)CCS3(=O)=O)c2)cn1. The molecule has 26 heavy (non-hydrogen) atoms. The zero-order valence-electron chi connectivity index (χ0n) is 13.6. The zero-order chi connectivity index (χ0) is 18.9. The number of amides is 2. The van der Waals surface area contributed by atoms with E-state index in [1.165, 1.54) is 31.5 Å². The summed E-state index contributed by atoms with van der Waals surface area (Å²) in [5.74, 6) is -0.965. The lowest BCUT2D eigenvalue weighted by Crippen LogP contribution is -2.29. The number of benzene rings is 1. The number of rotatable bonds is 4. The van der Waals surface area contributed by atoms with Crippen molar-refractivity contribution >= 4 is 44.8 Å². The van der Waals surface area contributed by atoms with Crippen LogP contribution >= 0.6 is 11.6 Å². The summed E-state index contributed by atoms with van der Waals surface area (Å²) >= 11 is 6.05. The molecule has 1 aromatic carbocycles. The van der Waals surface area contributed by atoms with Gasteiger partial charge in [-0.25, -0.2) is 17.7 Å². The molecule has 2 heterocycles. The van der Waals surface area contributed by atoms with Gasteiger partial charge in [-0.15, -0.1) is 0 Å². The first kappa shape index (κ1) is 18.2. The van der Waals surface area contributed by atoms with Crippen molar-refractivity contribution in [2.24, 2.45) is 0 Å². The number of aromatic nitrogens is 1. The third-order valence-corrected chi connectivity index (χ3v) is 5.71. The van der Waals surface area contributed by atoms with Gasteiger partial charge in [0.25, 0.3) is 5.91 Å². The van der Waals surface area contributed by atoms with Gasteiger partial charge in [0.2, 0.25) is 21.8 Å². The van der Waals surface area contributed by atoms with Gasteiger partial charge >= 0.3 is 0 Å². The largest absolute Gasteiger partial charge is 0.481 e. The summed E-state index contributed by atoms with van der Waals surface area (Å²) in [6.07, 6.45) is 1.30. The fourth-order valence-corrected chi connectivity index (χ4v) is 4.16. The highest BCUT2D eigenvalue weighted by Gasteiger charge is 2.37. The molecule has 1 aliphatic heterocycles. The molecule has 1 aromatic heterocycles. The predicted octanol–water partition coefficient (Wildman–Crippen LogP) is 2.06. The molecule has 136 valence electrons. The highest BCUT2D eigenvalue weighted by atomic mass is 35.5. The fraction of sp³-hybridized carbons (Fsp3) is 0.188. The van der Waals surface area contributed by atoms with Crippen LogP contribution < -0.4 is 14.4 Å². The van der Waals surface area contributed by atoms with Crippen molar-refractivity contribution in [3.63, 3.8) is 0 Å². The van der Waals surface area contributed by atoms with Crippen molar-refractivity contribution in [3.8, 4) is 5.88 Å². The molecule has 2 aromatic rings. The number of methoxy groups -OCH3 is 1. The van der Waals surface area contributed by atoms with E-state index >= 15 is 0 Å². The Labute approximate surface area is 154 Å². The Morgan fingerprint density at radius 1 is 1.31 bits per heavy atom. The molecule has 1 saturated heterocycles. The summed E-state index contributed by atoms with van der Waals surface area (Å²) in [6, 6.07) is 7.27. The Morgan fingerprint density at radius 3 is 2.65 bits per heavy atom. The second kappa shape index (κ2) is 6.93. The van der Waals surface area contributed by atoms with Gasteiger partial charge in [-0.05, 0) is 24.3 Å². The number of sulfonamides is 1. The first-order chi connectivity index (χ1) is 12.3. The summed E-state index contributed by atoms with van der Waals surface area (Å²) < 4.78 is 29.8. The summed E-state index contributed by atoms with van der Waals surface area (Å²) in [6.45, 7) is 0. The van der Waals surface area contributed by atoms with Crippen LogP contribution in [0.25, 0.3) is 0 Å². The first-order valence-electron chi connectivity index (χ1n) is 7.48. The smallest absolute Gasteiger partial charge is 0.255 e. The molecule has 2 amide bonds. The van der Waals surface area contributed by atoms with Crippen molar-refractivity contribution < 1.29 is 22.7 Å². The van der Waals surface area contributed by atoms with Crippen LogP contribution in [0, 0.1) is 0 Å². The van der Waals surface area contributed by atoms with Crippen molar-refractivity contribution in [1.82, 2.24) is 4.98 Å². The summed E-state index contributed by atoms with van der Waals surface area (Å²) in [4.78, 5) is 28.3. The number of hydrogen-bond donors (Lipinski definition) is 1. The minimum Gasteiger partial charge on any atom is -0.481 e. The van der Waals surface area contributed by atoms with E-state index in [1.54, 1.807) is 12.1 Å². The van der Waals surface area contributed by atoms with Crippen LogP contribution in [0.4, 0.5) is 11.4 Å². The number of pyridine rings is 1. The van der Waals surface area contributed by atoms with Gasteiger partial charge in [0.05, 0.1) is 35.5 Å². The van der Waals surface area contributed by atoms with Crippen LogP contribution in [0.1, 0.15) is 16.8 Å². The molecule has 0 atom stereocenters. The number of halogens is 1. The standard InChI is InChI=1S/C16H14ClN3O5S/c1-25-14-5-3-11(9-18-14)19-16(22)10-2-4-12(17)13(8-10)20-15(21)6-7-26(20,23)24/h2-5,8-9H,6-7H2,1H3,(H,19,22). The Bertz CT molecular complexity index is 976. The van der Waals surface area contributed by atoms with E-state index in [1.807, 2.05) is 0 Å². The first-order valence-corrected chi connectivity index (χ1v) is 9.47. The van der Waals surface area contributed by atoms with Gasteiger partial charge in [0, 0.05) is 18.1 Å². The van der Waals surface area contributed by atoms with Gasteiger partial charge < -0.3 is 10.1 Å². The number of carbonyl (C=O) groups is 2. The summed E-state index contributed by atoms with van der Waals surface area (Å²) in [5, 5.41) is 2.69. The topological polar surface area (TPSA) is 106 Å². The molecular formula is C16H14ClN3O5S. The molecule has 1 fully saturated rings. The number of nitrogens with zero attached hydrogens (tertiary/aromatic N) is 2. The zero-order valence-corrected chi connectivity index (χ0v) is 15.2. The van der Waals surface area contributed by atoms with Crippen molar-refractivity contribution in [3.05, 3.63) is 47.1 Å². The van der Waals surface area contributed by atoms with E-state index in [0.29, 0.717) is 15.9 Å². The van der Waals surface area contributed by atoms with Gasteiger partial charge in [-0.1, -0.05) is 11.6 Å². The monoisotopic (exact) mass is 395 g/mol. The predicted molar refractivity (Wildman–Crippen MR) is 96.1 cm³/mol. The van der Waals surface area contributed by atoms with Gasteiger partial charge in [-0.2, -0.15) is 0 Å². The third-order valence-electron chi connectivity index (χ3n) is 3.71. The Hall–Kier alpha value is -2.65. The molecule has 8 nitrogen and oxygen atoms in total. The number of carbonyl (C=O) groups excluding carboxylic acids is 2. The van der Waals surface area contributed by atoms with Crippen LogP contribution in [-0.4, -0.2) is 38.1 Å². The number of anilines is 2. The molecule has 1 aliphatic rings. The van der Waals surface area contributed by atoms with E-state index in [-0.39, 0.29) is 28.4 Å². The Balaban J connectivity index is 1.89. The molecule has 0 aliphatic carbocycles. The number of ether oxygens (including phenoxy) is 1. The third kappa shape index (κ3) is 3.49. The van der Waals surface area contributed by atoms with Crippen LogP contribution in [-0.2, 0) is 14.8 Å². The average Bonchev–Trinajstić information content (AvgIpc) is 2.89. The summed E-state index contributed by atoms with van der Waals surface area (Å²) in [5.41, 5.74) is 0.543. The fourth-order valence-electron chi connectivity index (χ4n) is 2.44. The van der Waals surface area contributed by atoms with Gasteiger partial charge in [-0.3, -0.25) is 9.59 Å². The Kier molecular flexibility index (Phi) is 4.84. The maximum Gasteiger partial charge on any atom is 0.255 e. The van der Waals surface area contributed by atoms with E-state index in [9.17, 15) is 18.0 Å². The van der Waals surface area contributed by atoms with Gasteiger partial charge in [0.1, 0.15) is 0 Å². The quantitative estimate of drug-likeness (QED) is 0.849. The number of nitrogens with one attached hydrogen (secondary N) is 1. The molecular weight excluding hydrogens is 382 g/mol. The van der Waals surface area contributed by atoms with Gasteiger partial charge in [0.15, 0.2) is 0 Å². The lowest BCUT2D eigenvalue weighted by atomic mass is 10.1. The van der Waals surface area contributed by atoms with E-state index in [0.717, 1.165) is 0 Å². The molecule has 0 bridgehead atoms. The summed E-state index contributed by atoms with van der Waals surface area (Å²) in [7, 11) is -2.30. The normalized spacial score (nSPS) is 15.8. The highest BCUT2D eigenvalue weighted by molar-refractivity contribution is 7.94. The lowest BCUT2D eigenvalue weighted by Gasteiger charge is -2.17. The van der Waals surface area contributed by atoms with Crippen LogP contribution in [0.2, 0.25) is 5.02 Å². The minimum atomic E-state index is -3.78. The van der Waals surface area contributed by atoms with E-state index < -0.39 is 21.8 Å². The molecule has 0 saturated carbocycles. The van der Waals surface area contributed by atoms with Crippen LogP contribution in [0.15, 0.2) is 36.5 Å². The van der Waals surface area contributed by atoms with E-state index in [2.05, 4.69) is 10.3 Å². The minimum absolute atomic E-state index is 0.0327. The average molecular weight is 396 g/mol. The Morgan fingerprint density at radius 2 is 2.08 bits per heavy atom. The van der Waals surface area contributed by atoms with Crippen molar-refractivity contribution in [1.29, 1.82) is 0 Å².